The average Bonchev–Trinajstić information content (AvgIpc) is 2.72. The standard InChI is InChI=1S/C15H12Se/c1-2-6-12(7-3-1)10-14-11-13-8-4-5-9-15(13)16-14/h1-9,11H,10H2. The molecule has 3 aromatic rings. The number of fused-ring (bicyclic) bond motifs is 1. The molecule has 0 saturated carbocycles. The molecule has 0 nitrogen and oxygen atoms in total. The fourth-order valence-corrected chi connectivity index (χ4v) is 4.23. The molecule has 2 aromatic carbocycles. The van der Waals surface area contributed by atoms with E-state index in [1.54, 1.807) is 4.44 Å². The van der Waals surface area contributed by atoms with Crippen LogP contribution in [0.5, 0.6) is 0 Å². The monoisotopic (exact) mass is 272 g/mol. The van der Waals surface area contributed by atoms with E-state index < -0.39 is 0 Å². The van der Waals surface area contributed by atoms with Crippen LogP contribution < -0.4 is 0 Å². The van der Waals surface area contributed by atoms with Crippen molar-refractivity contribution in [1.29, 1.82) is 0 Å². The molecule has 3 rings (SSSR count). The number of benzene rings is 2. The SMILES string of the molecule is c1ccc(Cc2cc3ccccc3[se]2)cc1. The van der Waals surface area contributed by atoms with Gasteiger partial charge in [-0.05, 0) is 0 Å². The Hall–Kier alpha value is -1.30. The second kappa shape index (κ2) is 4.29. The Morgan fingerprint density at radius 1 is 0.812 bits per heavy atom. The molecule has 0 aliphatic carbocycles. The van der Waals surface area contributed by atoms with Crippen LogP contribution in [0.4, 0.5) is 0 Å². The van der Waals surface area contributed by atoms with Gasteiger partial charge in [0.2, 0.25) is 0 Å². The molecule has 1 aromatic heterocycles. The average molecular weight is 271 g/mol. The summed E-state index contributed by atoms with van der Waals surface area (Å²) in [4.78, 5) is 0. The topological polar surface area (TPSA) is 0 Å². The van der Waals surface area contributed by atoms with Crippen LogP contribution in [-0.2, 0) is 6.42 Å². The minimum atomic E-state index is 0.534. The van der Waals surface area contributed by atoms with Crippen molar-refractivity contribution >= 4 is 24.1 Å². The summed E-state index contributed by atoms with van der Waals surface area (Å²) in [5, 5.41) is 1.42. The van der Waals surface area contributed by atoms with Crippen LogP contribution in [0, 0.1) is 0 Å². The molecule has 0 aliphatic rings. The summed E-state index contributed by atoms with van der Waals surface area (Å²) in [5.41, 5.74) is 1.42. The maximum atomic E-state index is 2.36. The van der Waals surface area contributed by atoms with Gasteiger partial charge >= 0.3 is 101 Å². The molecule has 0 radical (unpaired) electrons. The van der Waals surface area contributed by atoms with Crippen molar-refractivity contribution < 1.29 is 0 Å². The molecule has 78 valence electrons. The van der Waals surface area contributed by atoms with Gasteiger partial charge in [-0.2, -0.15) is 0 Å². The molecule has 0 unspecified atom stereocenters. The molecule has 0 saturated heterocycles. The van der Waals surface area contributed by atoms with E-state index in [1.165, 1.54) is 15.2 Å². The molecule has 0 aliphatic heterocycles. The van der Waals surface area contributed by atoms with Crippen molar-refractivity contribution in [3.63, 3.8) is 0 Å². The van der Waals surface area contributed by atoms with E-state index in [1.807, 2.05) is 0 Å². The number of hydrogen-bond acceptors (Lipinski definition) is 0. The summed E-state index contributed by atoms with van der Waals surface area (Å²) in [6, 6.07) is 21.8. The fourth-order valence-electron chi connectivity index (χ4n) is 1.92. The third-order valence-corrected chi connectivity index (χ3v) is 5.04. The first-order valence-corrected chi connectivity index (χ1v) is 7.14. The molecule has 0 fully saturated rings. The summed E-state index contributed by atoms with van der Waals surface area (Å²) in [5.74, 6) is 0. The van der Waals surface area contributed by atoms with Gasteiger partial charge < -0.3 is 0 Å². The number of hydrogen-bond donors (Lipinski definition) is 0. The predicted octanol–water partition coefficient (Wildman–Crippen LogP) is 3.49. The molecule has 1 heterocycles. The summed E-state index contributed by atoms with van der Waals surface area (Å²) in [7, 11) is 0. The zero-order valence-electron chi connectivity index (χ0n) is 8.89. The van der Waals surface area contributed by atoms with Crippen molar-refractivity contribution in [3.05, 3.63) is 70.7 Å². The van der Waals surface area contributed by atoms with Crippen LogP contribution in [-0.4, -0.2) is 14.5 Å². The Morgan fingerprint density at radius 2 is 1.56 bits per heavy atom. The Morgan fingerprint density at radius 3 is 2.38 bits per heavy atom. The van der Waals surface area contributed by atoms with Crippen molar-refractivity contribution in [3.8, 4) is 0 Å². The zero-order valence-corrected chi connectivity index (χ0v) is 10.6. The van der Waals surface area contributed by atoms with Crippen LogP contribution >= 0.6 is 0 Å². The van der Waals surface area contributed by atoms with Gasteiger partial charge in [0.25, 0.3) is 0 Å². The molecule has 0 N–H and O–H groups in total. The zero-order chi connectivity index (χ0) is 10.8. The van der Waals surface area contributed by atoms with E-state index in [-0.39, 0.29) is 0 Å². The van der Waals surface area contributed by atoms with Crippen molar-refractivity contribution in [1.82, 2.24) is 0 Å². The fraction of sp³-hybridized carbons (Fsp3) is 0.0667. The third kappa shape index (κ3) is 1.97. The first-order chi connectivity index (χ1) is 7.92. The molecule has 0 amide bonds. The molecule has 0 bridgehead atoms. The minimum absolute atomic E-state index is 0.534. The molecule has 1 heteroatoms. The Bertz CT molecular complexity index is 560. The molecular formula is C15H12Se. The summed E-state index contributed by atoms with van der Waals surface area (Å²) < 4.78 is 3.11. The van der Waals surface area contributed by atoms with Gasteiger partial charge in [-0.3, -0.25) is 0 Å². The van der Waals surface area contributed by atoms with Gasteiger partial charge in [0, 0.05) is 0 Å². The first kappa shape index (κ1) is 9.89. The first-order valence-electron chi connectivity index (χ1n) is 5.43. The Balaban J connectivity index is 1.95. The van der Waals surface area contributed by atoms with E-state index in [4.69, 9.17) is 0 Å². The van der Waals surface area contributed by atoms with Gasteiger partial charge in [0.1, 0.15) is 0 Å². The van der Waals surface area contributed by atoms with Crippen LogP contribution in [0.1, 0.15) is 10.0 Å². The van der Waals surface area contributed by atoms with Gasteiger partial charge in [-0.25, -0.2) is 0 Å². The van der Waals surface area contributed by atoms with Crippen LogP contribution in [0.2, 0.25) is 0 Å². The van der Waals surface area contributed by atoms with Gasteiger partial charge in [0.15, 0.2) is 0 Å². The van der Waals surface area contributed by atoms with Crippen molar-refractivity contribution in [2.75, 3.05) is 0 Å². The second-order valence-corrected chi connectivity index (χ2v) is 6.36. The van der Waals surface area contributed by atoms with Crippen molar-refractivity contribution in [2.24, 2.45) is 0 Å². The normalized spacial score (nSPS) is 10.8. The molecule has 16 heavy (non-hydrogen) atoms. The summed E-state index contributed by atoms with van der Waals surface area (Å²) in [6.07, 6.45) is 1.11. The van der Waals surface area contributed by atoms with Crippen LogP contribution in [0.3, 0.4) is 0 Å². The summed E-state index contributed by atoms with van der Waals surface area (Å²) in [6.45, 7) is 0. The quantitative estimate of drug-likeness (QED) is 0.626. The van der Waals surface area contributed by atoms with Crippen LogP contribution in [0.25, 0.3) is 9.65 Å². The van der Waals surface area contributed by atoms with E-state index in [0.717, 1.165) is 6.42 Å². The Labute approximate surface area is 101 Å². The third-order valence-electron chi connectivity index (χ3n) is 2.70. The maximum absolute atomic E-state index is 2.36. The van der Waals surface area contributed by atoms with Crippen LogP contribution in [0.15, 0.2) is 60.7 Å². The predicted molar refractivity (Wildman–Crippen MR) is 70.1 cm³/mol. The molecule has 0 atom stereocenters. The van der Waals surface area contributed by atoms with Crippen molar-refractivity contribution in [2.45, 2.75) is 6.42 Å². The van der Waals surface area contributed by atoms with Gasteiger partial charge in [-0.1, -0.05) is 0 Å². The van der Waals surface area contributed by atoms with E-state index in [0.29, 0.717) is 14.5 Å². The molecular weight excluding hydrogens is 259 g/mol. The van der Waals surface area contributed by atoms with E-state index in [9.17, 15) is 0 Å². The summed E-state index contributed by atoms with van der Waals surface area (Å²) >= 11 is 0.534. The van der Waals surface area contributed by atoms with Gasteiger partial charge in [0.05, 0.1) is 0 Å². The second-order valence-electron chi connectivity index (χ2n) is 3.91. The Kier molecular flexibility index (Phi) is 2.65. The van der Waals surface area contributed by atoms with Gasteiger partial charge in [-0.15, -0.1) is 0 Å². The number of rotatable bonds is 2. The van der Waals surface area contributed by atoms with E-state index >= 15 is 0 Å². The van der Waals surface area contributed by atoms with E-state index in [2.05, 4.69) is 60.7 Å². The molecule has 0 spiro atoms.